The van der Waals surface area contributed by atoms with Crippen LogP contribution in [0.2, 0.25) is 5.02 Å². The number of anilines is 2. The van der Waals surface area contributed by atoms with Crippen molar-refractivity contribution in [1.29, 1.82) is 0 Å². The van der Waals surface area contributed by atoms with Crippen LogP contribution in [0, 0.1) is 6.92 Å². The molecule has 0 aliphatic carbocycles. The molecule has 6 rings (SSSR count). The minimum Gasteiger partial charge on any atom is -0.457 e. The number of aromatic nitrogens is 4. The summed E-state index contributed by atoms with van der Waals surface area (Å²) in [7, 11) is -3.97. The molecular weight excluding hydrogens is 522 g/mol. The molecule has 0 radical (unpaired) electrons. The van der Waals surface area contributed by atoms with Crippen molar-refractivity contribution in [3.05, 3.63) is 108 Å². The maximum absolute atomic E-state index is 13.5. The second-order valence-electron chi connectivity index (χ2n) is 8.63. The highest BCUT2D eigenvalue weighted by Crippen LogP contribution is 2.32. The van der Waals surface area contributed by atoms with E-state index in [0.717, 1.165) is 17.0 Å². The first-order valence-corrected chi connectivity index (χ1v) is 13.5. The van der Waals surface area contributed by atoms with Crippen LogP contribution in [0.3, 0.4) is 0 Å². The van der Waals surface area contributed by atoms with Crippen LogP contribution in [-0.2, 0) is 9.84 Å². The number of rotatable bonds is 6. The third-order valence-corrected chi connectivity index (χ3v) is 7.86. The lowest BCUT2D eigenvalue weighted by Crippen LogP contribution is -2.05. The normalized spacial score (nSPS) is 11.6. The molecule has 0 spiro atoms. The van der Waals surface area contributed by atoms with Gasteiger partial charge in [-0.3, -0.25) is 0 Å². The predicted molar refractivity (Wildman–Crippen MR) is 146 cm³/mol. The lowest BCUT2D eigenvalue weighted by molar-refractivity contribution is 0.483. The number of benzene rings is 4. The largest absolute Gasteiger partial charge is 0.457 e. The number of aryl methyl sites for hydroxylation is 1. The van der Waals surface area contributed by atoms with Crippen LogP contribution in [0.4, 0.5) is 11.5 Å². The first kappa shape index (κ1) is 23.9. The van der Waals surface area contributed by atoms with Crippen molar-refractivity contribution in [1.82, 2.24) is 19.8 Å². The van der Waals surface area contributed by atoms with Crippen molar-refractivity contribution < 1.29 is 13.2 Å². The Kier molecular flexibility index (Phi) is 5.94. The van der Waals surface area contributed by atoms with E-state index in [2.05, 4.69) is 20.6 Å². The van der Waals surface area contributed by atoms with Crippen LogP contribution in [0.5, 0.6) is 11.5 Å². The molecule has 10 heteroatoms. The van der Waals surface area contributed by atoms with E-state index in [0.29, 0.717) is 27.5 Å². The summed E-state index contributed by atoms with van der Waals surface area (Å²) in [5.41, 5.74) is 2.37. The number of hydrogen-bond acceptors (Lipinski definition) is 7. The summed E-state index contributed by atoms with van der Waals surface area (Å²) in [6.07, 6.45) is 0. The summed E-state index contributed by atoms with van der Waals surface area (Å²) < 4.78 is 34.2. The summed E-state index contributed by atoms with van der Waals surface area (Å²) in [6, 6.07) is 28.6. The van der Waals surface area contributed by atoms with E-state index in [4.69, 9.17) is 16.3 Å². The van der Waals surface area contributed by atoms with E-state index < -0.39 is 9.84 Å². The molecule has 6 aromatic rings. The second kappa shape index (κ2) is 9.44. The van der Waals surface area contributed by atoms with Gasteiger partial charge in [0.25, 0.3) is 0 Å². The van der Waals surface area contributed by atoms with E-state index >= 15 is 0 Å². The van der Waals surface area contributed by atoms with E-state index in [-0.39, 0.29) is 15.6 Å². The Hall–Kier alpha value is -4.47. The molecule has 38 heavy (non-hydrogen) atoms. The van der Waals surface area contributed by atoms with Crippen molar-refractivity contribution in [3.8, 4) is 11.5 Å². The monoisotopic (exact) mass is 541 g/mol. The van der Waals surface area contributed by atoms with E-state index in [9.17, 15) is 8.42 Å². The quantitative estimate of drug-likeness (QED) is 0.253. The second-order valence-corrected chi connectivity index (χ2v) is 10.9. The molecule has 8 nitrogen and oxygen atoms in total. The first-order valence-electron chi connectivity index (χ1n) is 11.6. The number of para-hydroxylation sites is 1. The van der Waals surface area contributed by atoms with Gasteiger partial charge in [-0.2, -0.15) is 4.52 Å². The van der Waals surface area contributed by atoms with Crippen molar-refractivity contribution in [2.75, 3.05) is 5.32 Å². The zero-order valence-electron chi connectivity index (χ0n) is 20.0. The third kappa shape index (κ3) is 4.42. The lowest BCUT2D eigenvalue weighted by atomic mass is 10.2. The SMILES string of the molecule is Cc1ccc(S(=O)(=O)c2nnn3c2nc(Nc2ccc(Oc4ccccc4)cc2)c2cc(Cl)ccc23)cc1. The molecule has 1 N–H and O–H groups in total. The Labute approximate surface area is 223 Å². The van der Waals surface area contributed by atoms with Gasteiger partial charge >= 0.3 is 0 Å². The molecule has 0 fully saturated rings. The fraction of sp³-hybridized carbons (Fsp3) is 0.0357. The zero-order chi connectivity index (χ0) is 26.3. The molecule has 2 heterocycles. The first-order chi connectivity index (χ1) is 18.4. The third-order valence-electron chi connectivity index (χ3n) is 5.96. The molecule has 4 aromatic carbocycles. The van der Waals surface area contributed by atoms with Gasteiger partial charge in [-0.25, -0.2) is 13.4 Å². The number of halogens is 1. The van der Waals surface area contributed by atoms with Crippen molar-refractivity contribution in [2.24, 2.45) is 0 Å². The number of hydrogen-bond donors (Lipinski definition) is 1. The van der Waals surface area contributed by atoms with Crippen molar-refractivity contribution >= 4 is 49.5 Å². The van der Waals surface area contributed by atoms with E-state index in [1.807, 2.05) is 61.5 Å². The molecule has 0 saturated heterocycles. The van der Waals surface area contributed by atoms with Gasteiger partial charge < -0.3 is 10.1 Å². The van der Waals surface area contributed by atoms with Gasteiger partial charge in [0.05, 0.1) is 10.4 Å². The number of sulfone groups is 1. The molecule has 0 saturated carbocycles. The fourth-order valence-corrected chi connectivity index (χ4v) is 5.44. The van der Waals surface area contributed by atoms with Gasteiger partial charge in [0.1, 0.15) is 17.3 Å². The van der Waals surface area contributed by atoms with Gasteiger partial charge in [0.2, 0.25) is 14.9 Å². The van der Waals surface area contributed by atoms with Gasteiger partial charge in [-0.15, -0.1) is 5.10 Å². The van der Waals surface area contributed by atoms with E-state index in [1.54, 1.807) is 42.5 Å². The standard InChI is InChI=1S/C28H20ClN5O3S/c1-18-7-14-23(15-8-18)38(35,36)28-27-31-26(24-17-19(29)9-16-25(24)34(27)33-32-28)30-20-10-12-22(13-11-20)37-21-5-3-2-4-6-21/h2-17H,1H3,(H,30,31). The summed E-state index contributed by atoms with van der Waals surface area (Å²) >= 11 is 6.30. The summed E-state index contributed by atoms with van der Waals surface area (Å²) in [6.45, 7) is 1.89. The summed E-state index contributed by atoms with van der Waals surface area (Å²) in [4.78, 5) is 4.77. The van der Waals surface area contributed by atoms with Crippen LogP contribution in [-0.4, -0.2) is 28.2 Å². The maximum Gasteiger partial charge on any atom is 0.229 e. The minimum absolute atomic E-state index is 0.104. The van der Waals surface area contributed by atoms with Gasteiger partial charge in [0, 0.05) is 16.1 Å². The highest BCUT2D eigenvalue weighted by Gasteiger charge is 2.27. The fourth-order valence-electron chi connectivity index (χ4n) is 4.04. The number of fused-ring (bicyclic) bond motifs is 3. The Morgan fingerprint density at radius 3 is 2.32 bits per heavy atom. The molecule has 0 aliphatic rings. The van der Waals surface area contributed by atoms with Gasteiger partial charge in [0.15, 0.2) is 5.65 Å². The average Bonchev–Trinajstić information content (AvgIpc) is 3.35. The molecule has 0 aliphatic heterocycles. The Morgan fingerprint density at radius 1 is 0.868 bits per heavy atom. The lowest BCUT2D eigenvalue weighted by Gasteiger charge is -2.12. The highest BCUT2D eigenvalue weighted by molar-refractivity contribution is 7.91. The Morgan fingerprint density at radius 2 is 1.58 bits per heavy atom. The van der Waals surface area contributed by atoms with Gasteiger partial charge in [-0.1, -0.05) is 52.7 Å². The molecule has 0 bridgehead atoms. The molecule has 0 unspecified atom stereocenters. The topological polar surface area (TPSA) is 98.5 Å². The van der Waals surface area contributed by atoms with E-state index in [1.165, 1.54) is 4.52 Å². The molecule has 0 amide bonds. The molecular formula is C28H20ClN5O3S. The number of nitrogens with zero attached hydrogens (tertiary/aromatic N) is 4. The zero-order valence-corrected chi connectivity index (χ0v) is 21.6. The van der Waals surface area contributed by atoms with Crippen molar-refractivity contribution in [3.63, 3.8) is 0 Å². The maximum atomic E-state index is 13.5. The predicted octanol–water partition coefficient (Wildman–Crippen LogP) is 6.61. The minimum atomic E-state index is -3.97. The summed E-state index contributed by atoms with van der Waals surface area (Å²) in [5, 5.41) is 12.4. The Balaban J connectivity index is 1.42. The number of nitrogens with one attached hydrogen (secondary N) is 1. The molecule has 0 atom stereocenters. The highest BCUT2D eigenvalue weighted by atomic mass is 35.5. The molecule has 188 valence electrons. The average molecular weight is 542 g/mol. The van der Waals surface area contributed by atoms with Crippen LogP contribution in [0.15, 0.2) is 107 Å². The van der Waals surface area contributed by atoms with Crippen LogP contribution in [0.1, 0.15) is 5.56 Å². The van der Waals surface area contributed by atoms with Crippen LogP contribution < -0.4 is 10.1 Å². The Bertz CT molecular complexity index is 1890. The summed E-state index contributed by atoms with van der Waals surface area (Å²) in [5.74, 6) is 1.82. The van der Waals surface area contributed by atoms with Gasteiger partial charge in [-0.05, 0) is 73.7 Å². The van der Waals surface area contributed by atoms with Crippen LogP contribution >= 0.6 is 11.6 Å². The van der Waals surface area contributed by atoms with Crippen molar-refractivity contribution in [2.45, 2.75) is 16.8 Å². The van der Waals surface area contributed by atoms with Crippen LogP contribution in [0.25, 0.3) is 16.6 Å². The number of ether oxygens (including phenoxy) is 1. The molecule has 2 aromatic heterocycles. The smallest absolute Gasteiger partial charge is 0.229 e.